The third-order valence-electron chi connectivity index (χ3n) is 3.11. The summed E-state index contributed by atoms with van der Waals surface area (Å²) in [5, 5.41) is 19.2. The summed E-state index contributed by atoms with van der Waals surface area (Å²) in [6.45, 7) is 0. The molecule has 2 aromatic carbocycles. The van der Waals surface area contributed by atoms with Crippen LogP contribution in [0, 0.1) is 0 Å². The molecule has 94 valence electrons. The lowest BCUT2D eigenvalue weighted by atomic mass is 9.83. The van der Waals surface area contributed by atoms with E-state index in [4.69, 9.17) is 5.73 Å². The predicted molar refractivity (Wildman–Crippen MR) is 67.5 cm³/mol. The number of nitrogen functional groups attached to an aromatic ring is 1. The van der Waals surface area contributed by atoms with Crippen molar-refractivity contribution in [3.8, 4) is 11.5 Å². The van der Waals surface area contributed by atoms with Gasteiger partial charge >= 0.3 is 0 Å². The number of fused-ring (bicyclic) bond motifs is 2. The summed E-state index contributed by atoms with van der Waals surface area (Å²) in [7, 11) is 0. The summed E-state index contributed by atoms with van der Waals surface area (Å²) < 4.78 is 0. The van der Waals surface area contributed by atoms with Gasteiger partial charge in [0, 0.05) is 28.4 Å². The molecule has 3 rings (SSSR count). The van der Waals surface area contributed by atoms with Crippen molar-refractivity contribution in [2.75, 3.05) is 5.73 Å². The van der Waals surface area contributed by atoms with Crippen LogP contribution < -0.4 is 5.73 Å². The lowest BCUT2D eigenvalue weighted by Gasteiger charge is -2.18. The first-order valence-electron chi connectivity index (χ1n) is 5.54. The molecule has 0 radical (unpaired) electrons. The molecule has 0 atom stereocenters. The van der Waals surface area contributed by atoms with Crippen molar-refractivity contribution < 1.29 is 19.8 Å². The molecule has 5 nitrogen and oxygen atoms in total. The standard InChI is InChI=1S/C14H9NO4/c15-6-1-2-8-9(3-6)13(18)10-4-7(16)5-11(17)12(10)14(8)19/h1-5,16-17H,15H2. The fraction of sp³-hybridized carbons (Fsp3) is 0. The molecule has 0 amide bonds. The smallest absolute Gasteiger partial charge is 0.198 e. The molecule has 4 N–H and O–H groups in total. The van der Waals surface area contributed by atoms with Gasteiger partial charge in [-0.15, -0.1) is 0 Å². The van der Waals surface area contributed by atoms with Crippen LogP contribution in [0.4, 0.5) is 5.69 Å². The maximum Gasteiger partial charge on any atom is 0.198 e. The normalized spacial score (nSPS) is 13.1. The number of nitrogens with two attached hydrogens (primary N) is 1. The Kier molecular flexibility index (Phi) is 2.13. The molecule has 0 aromatic heterocycles. The SMILES string of the molecule is Nc1ccc2c(c1)C(=O)c1cc(O)cc(O)c1C2=O. The summed E-state index contributed by atoms with van der Waals surface area (Å²) in [4.78, 5) is 24.5. The zero-order chi connectivity index (χ0) is 13.7. The topological polar surface area (TPSA) is 101 Å². The van der Waals surface area contributed by atoms with E-state index in [-0.39, 0.29) is 28.0 Å². The predicted octanol–water partition coefficient (Wildman–Crippen LogP) is 1.46. The molecule has 5 heteroatoms. The van der Waals surface area contributed by atoms with Gasteiger partial charge in [-0.25, -0.2) is 0 Å². The second-order valence-corrected chi connectivity index (χ2v) is 4.35. The van der Waals surface area contributed by atoms with Gasteiger partial charge in [0.2, 0.25) is 0 Å². The van der Waals surface area contributed by atoms with Gasteiger partial charge in [0.15, 0.2) is 11.6 Å². The van der Waals surface area contributed by atoms with Gasteiger partial charge in [-0.3, -0.25) is 9.59 Å². The van der Waals surface area contributed by atoms with Gasteiger partial charge in [0.25, 0.3) is 0 Å². The van der Waals surface area contributed by atoms with E-state index in [0.29, 0.717) is 5.69 Å². The van der Waals surface area contributed by atoms with Gasteiger partial charge in [-0.1, -0.05) is 0 Å². The van der Waals surface area contributed by atoms with Crippen LogP contribution in [0.5, 0.6) is 11.5 Å². The second-order valence-electron chi connectivity index (χ2n) is 4.35. The minimum atomic E-state index is -0.456. The van der Waals surface area contributed by atoms with Gasteiger partial charge in [0.1, 0.15) is 11.5 Å². The Morgan fingerprint density at radius 2 is 1.58 bits per heavy atom. The number of hydrogen-bond acceptors (Lipinski definition) is 5. The molecular formula is C14H9NO4. The molecule has 0 fully saturated rings. The van der Waals surface area contributed by atoms with Crippen molar-refractivity contribution in [3.05, 3.63) is 52.6 Å². The summed E-state index contributed by atoms with van der Waals surface area (Å²) in [5.41, 5.74) is 6.26. The summed E-state index contributed by atoms with van der Waals surface area (Å²) in [6.07, 6.45) is 0. The lowest BCUT2D eigenvalue weighted by molar-refractivity contribution is 0.0976. The van der Waals surface area contributed by atoms with E-state index in [1.165, 1.54) is 24.3 Å². The van der Waals surface area contributed by atoms with Crippen LogP contribution in [0.3, 0.4) is 0 Å². The zero-order valence-electron chi connectivity index (χ0n) is 9.68. The molecule has 0 unspecified atom stereocenters. The molecule has 0 aliphatic heterocycles. The highest BCUT2D eigenvalue weighted by molar-refractivity contribution is 6.29. The molecule has 0 saturated heterocycles. The minimum absolute atomic E-state index is 0.0133. The Hall–Kier alpha value is -2.82. The van der Waals surface area contributed by atoms with E-state index in [9.17, 15) is 19.8 Å². The van der Waals surface area contributed by atoms with Crippen LogP contribution in [0.2, 0.25) is 0 Å². The van der Waals surface area contributed by atoms with Gasteiger partial charge in [-0.2, -0.15) is 0 Å². The van der Waals surface area contributed by atoms with Crippen molar-refractivity contribution >= 4 is 17.3 Å². The van der Waals surface area contributed by atoms with Crippen molar-refractivity contribution in [1.82, 2.24) is 0 Å². The van der Waals surface area contributed by atoms with E-state index < -0.39 is 17.3 Å². The number of anilines is 1. The molecule has 19 heavy (non-hydrogen) atoms. The summed E-state index contributed by atoms with van der Waals surface area (Å²) in [5.74, 6) is -1.58. The van der Waals surface area contributed by atoms with E-state index in [2.05, 4.69) is 0 Å². The Bertz CT molecular complexity index is 749. The highest BCUT2D eigenvalue weighted by atomic mass is 16.3. The molecular weight excluding hydrogens is 246 g/mol. The van der Waals surface area contributed by atoms with Crippen molar-refractivity contribution in [3.63, 3.8) is 0 Å². The third-order valence-corrected chi connectivity index (χ3v) is 3.11. The van der Waals surface area contributed by atoms with Crippen molar-refractivity contribution in [2.45, 2.75) is 0 Å². The average Bonchev–Trinajstić information content (AvgIpc) is 2.35. The van der Waals surface area contributed by atoms with Gasteiger partial charge in [-0.05, 0) is 24.3 Å². The first-order chi connectivity index (χ1) is 8.99. The Morgan fingerprint density at radius 1 is 0.842 bits per heavy atom. The largest absolute Gasteiger partial charge is 0.508 e. The Balaban J connectivity index is 2.36. The molecule has 0 heterocycles. The molecule has 0 spiro atoms. The van der Waals surface area contributed by atoms with Crippen molar-refractivity contribution in [1.29, 1.82) is 0 Å². The van der Waals surface area contributed by atoms with Crippen LogP contribution in [0.1, 0.15) is 31.8 Å². The third kappa shape index (κ3) is 1.48. The first kappa shape index (κ1) is 11.3. The zero-order valence-corrected chi connectivity index (χ0v) is 9.68. The molecule has 1 aliphatic rings. The minimum Gasteiger partial charge on any atom is -0.508 e. The maximum absolute atomic E-state index is 12.3. The number of aromatic hydroxyl groups is 2. The first-order valence-corrected chi connectivity index (χ1v) is 5.54. The number of rotatable bonds is 0. The average molecular weight is 255 g/mol. The number of phenolic OH excluding ortho intramolecular Hbond substituents is 2. The van der Waals surface area contributed by atoms with Crippen LogP contribution in [-0.2, 0) is 0 Å². The molecule has 0 saturated carbocycles. The molecule has 0 bridgehead atoms. The van der Waals surface area contributed by atoms with Gasteiger partial charge < -0.3 is 15.9 Å². The fourth-order valence-corrected chi connectivity index (χ4v) is 2.26. The highest BCUT2D eigenvalue weighted by Gasteiger charge is 2.32. The summed E-state index contributed by atoms with van der Waals surface area (Å²) in [6, 6.07) is 6.60. The van der Waals surface area contributed by atoms with E-state index in [0.717, 1.165) is 6.07 Å². The second kappa shape index (κ2) is 3.58. The van der Waals surface area contributed by atoms with Gasteiger partial charge in [0.05, 0.1) is 5.56 Å². The van der Waals surface area contributed by atoms with E-state index in [1.807, 2.05) is 0 Å². The van der Waals surface area contributed by atoms with Crippen LogP contribution in [0.25, 0.3) is 0 Å². The number of ketones is 2. The quantitative estimate of drug-likeness (QED) is 0.528. The maximum atomic E-state index is 12.3. The van der Waals surface area contributed by atoms with Crippen LogP contribution in [0.15, 0.2) is 30.3 Å². The number of carbonyl (C=O) groups excluding carboxylic acids is 2. The number of carbonyl (C=O) groups is 2. The lowest BCUT2D eigenvalue weighted by Crippen LogP contribution is -2.21. The number of phenols is 2. The highest BCUT2D eigenvalue weighted by Crippen LogP contribution is 2.35. The van der Waals surface area contributed by atoms with Crippen LogP contribution >= 0.6 is 0 Å². The Labute approximate surface area is 107 Å². The monoisotopic (exact) mass is 255 g/mol. The van der Waals surface area contributed by atoms with E-state index >= 15 is 0 Å². The Morgan fingerprint density at radius 3 is 2.32 bits per heavy atom. The molecule has 1 aliphatic carbocycles. The molecule has 2 aromatic rings. The summed E-state index contributed by atoms with van der Waals surface area (Å²) >= 11 is 0. The number of hydrogen-bond donors (Lipinski definition) is 3. The van der Waals surface area contributed by atoms with E-state index in [1.54, 1.807) is 0 Å². The van der Waals surface area contributed by atoms with Crippen molar-refractivity contribution in [2.24, 2.45) is 0 Å². The van der Waals surface area contributed by atoms with Crippen LogP contribution in [-0.4, -0.2) is 21.8 Å². The number of benzene rings is 2. The fourth-order valence-electron chi connectivity index (χ4n) is 2.26.